The van der Waals surface area contributed by atoms with Crippen LogP contribution in [0.25, 0.3) is 0 Å². The van der Waals surface area contributed by atoms with Gasteiger partial charge in [0, 0.05) is 5.54 Å². The summed E-state index contributed by atoms with van der Waals surface area (Å²) in [6.07, 6.45) is 0.830. The van der Waals surface area contributed by atoms with Gasteiger partial charge in [0.1, 0.15) is 5.82 Å². The van der Waals surface area contributed by atoms with Crippen LogP contribution in [0.1, 0.15) is 43.2 Å². The maximum absolute atomic E-state index is 13.4. The van der Waals surface area contributed by atoms with Gasteiger partial charge in [-0.2, -0.15) is 0 Å². The molecule has 2 rings (SSSR count). The fourth-order valence-electron chi connectivity index (χ4n) is 2.31. The molecule has 88 valence electrons. The van der Waals surface area contributed by atoms with Crippen LogP contribution < -0.4 is 5.73 Å². The highest BCUT2D eigenvalue weighted by atomic mass is 19.3. The minimum absolute atomic E-state index is 0.526. The van der Waals surface area contributed by atoms with Gasteiger partial charge in [-0.15, -0.1) is 0 Å². The quantitative estimate of drug-likeness (QED) is 0.825. The molecular weight excluding hydrogens is 215 g/mol. The van der Waals surface area contributed by atoms with Crippen molar-refractivity contribution in [3.05, 3.63) is 35.1 Å². The lowest BCUT2D eigenvalue weighted by Crippen LogP contribution is -2.33. The second kappa shape index (κ2) is 4.09. The van der Waals surface area contributed by atoms with Gasteiger partial charge in [0.2, 0.25) is 0 Å². The average molecular weight is 229 g/mol. The molecule has 1 aliphatic rings. The molecule has 1 aliphatic carbocycles. The van der Waals surface area contributed by atoms with Crippen LogP contribution in [0.4, 0.5) is 13.2 Å². The van der Waals surface area contributed by atoms with Gasteiger partial charge in [-0.1, -0.05) is 25.0 Å². The number of alkyl halides is 2. The molecule has 0 amide bonds. The Balaban J connectivity index is 2.34. The van der Waals surface area contributed by atoms with E-state index in [2.05, 4.69) is 0 Å². The summed E-state index contributed by atoms with van der Waals surface area (Å²) in [6.45, 7) is 0. The number of halogens is 3. The third-order valence-electron chi connectivity index (χ3n) is 3.31. The molecule has 0 bridgehead atoms. The molecule has 0 radical (unpaired) electrons. The molecule has 0 saturated heterocycles. The van der Waals surface area contributed by atoms with Gasteiger partial charge in [-0.3, -0.25) is 0 Å². The maximum Gasteiger partial charge on any atom is 0.266 e. The minimum Gasteiger partial charge on any atom is -0.321 e. The molecule has 1 nitrogen and oxygen atoms in total. The summed E-state index contributed by atoms with van der Waals surface area (Å²) < 4.78 is 38.1. The molecule has 1 saturated carbocycles. The Morgan fingerprint density at radius 3 is 2.31 bits per heavy atom. The van der Waals surface area contributed by atoms with Gasteiger partial charge in [-0.25, -0.2) is 13.2 Å². The Bertz CT molecular complexity index is 384. The summed E-state index contributed by atoms with van der Waals surface area (Å²) >= 11 is 0. The topological polar surface area (TPSA) is 26.0 Å². The predicted molar refractivity (Wildman–Crippen MR) is 55.7 cm³/mol. The number of hydrogen-bond acceptors (Lipinski definition) is 1. The number of nitrogens with two attached hydrogens (primary N) is 1. The molecule has 0 unspecified atom stereocenters. The van der Waals surface area contributed by atoms with Crippen LogP contribution in [-0.2, 0) is 5.54 Å². The second-order valence-electron chi connectivity index (χ2n) is 4.40. The third kappa shape index (κ3) is 1.94. The summed E-state index contributed by atoms with van der Waals surface area (Å²) in [5, 5.41) is 0. The van der Waals surface area contributed by atoms with E-state index in [0.717, 1.165) is 37.8 Å². The number of hydrogen-bond donors (Lipinski definition) is 1. The molecule has 1 aromatic rings. The van der Waals surface area contributed by atoms with Crippen molar-refractivity contribution < 1.29 is 13.2 Å². The zero-order valence-electron chi connectivity index (χ0n) is 8.85. The first-order chi connectivity index (χ1) is 7.53. The summed E-state index contributed by atoms with van der Waals surface area (Å²) in [7, 11) is 0. The SMILES string of the molecule is NC1(c2ccc(C(F)F)c(F)c2)CCCC1. The molecule has 0 atom stereocenters. The van der Waals surface area contributed by atoms with Crippen molar-refractivity contribution in [3.8, 4) is 0 Å². The molecule has 1 fully saturated rings. The molecular formula is C12H14F3N. The van der Waals surface area contributed by atoms with Crippen molar-refractivity contribution >= 4 is 0 Å². The van der Waals surface area contributed by atoms with Crippen molar-refractivity contribution in [2.45, 2.75) is 37.6 Å². The first-order valence-electron chi connectivity index (χ1n) is 5.40. The van der Waals surface area contributed by atoms with E-state index in [1.54, 1.807) is 0 Å². The van der Waals surface area contributed by atoms with E-state index in [1.807, 2.05) is 0 Å². The van der Waals surface area contributed by atoms with Crippen molar-refractivity contribution in [1.82, 2.24) is 0 Å². The molecule has 0 spiro atoms. The van der Waals surface area contributed by atoms with Gasteiger partial charge in [0.05, 0.1) is 5.56 Å². The van der Waals surface area contributed by atoms with Crippen LogP contribution in [0.15, 0.2) is 18.2 Å². The van der Waals surface area contributed by atoms with Gasteiger partial charge >= 0.3 is 0 Å². The van der Waals surface area contributed by atoms with E-state index >= 15 is 0 Å². The predicted octanol–water partition coefficient (Wildman–Crippen LogP) is 3.49. The molecule has 4 heteroatoms. The fourth-order valence-corrected chi connectivity index (χ4v) is 2.31. The van der Waals surface area contributed by atoms with E-state index in [4.69, 9.17) is 5.73 Å². The highest BCUT2D eigenvalue weighted by molar-refractivity contribution is 5.31. The normalized spacial score (nSPS) is 19.3. The minimum atomic E-state index is -2.77. The lowest BCUT2D eigenvalue weighted by Gasteiger charge is -2.24. The lowest BCUT2D eigenvalue weighted by molar-refractivity contribution is 0.146. The Morgan fingerprint density at radius 1 is 1.19 bits per heavy atom. The van der Waals surface area contributed by atoms with Crippen molar-refractivity contribution in [2.75, 3.05) is 0 Å². The van der Waals surface area contributed by atoms with Crippen LogP contribution in [0.3, 0.4) is 0 Å². The van der Waals surface area contributed by atoms with E-state index < -0.39 is 23.3 Å². The van der Waals surface area contributed by atoms with Crippen LogP contribution in [0, 0.1) is 5.82 Å². The zero-order valence-corrected chi connectivity index (χ0v) is 8.85. The van der Waals surface area contributed by atoms with Gasteiger partial charge in [-0.05, 0) is 24.5 Å². The zero-order chi connectivity index (χ0) is 11.8. The van der Waals surface area contributed by atoms with Crippen molar-refractivity contribution in [3.63, 3.8) is 0 Å². The van der Waals surface area contributed by atoms with Crippen molar-refractivity contribution in [2.24, 2.45) is 5.73 Å². The Labute approximate surface area is 92.5 Å². The largest absolute Gasteiger partial charge is 0.321 e. The van der Waals surface area contributed by atoms with E-state index in [0.29, 0.717) is 5.56 Å². The van der Waals surface area contributed by atoms with Gasteiger partial charge in [0.25, 0.3) is 6.43 Å². The number of benzene rings is 1. The fraction of sp³-hybridized carbons (Fsp3) is 0.500. The van der Waals surface area contributed by atoms with Crippen LogP contribution >= 0.6 is 0 Å². The van der Waals surface area contributed by atoms with Crippen LogP contribution in [0.2, 0.25) is 0 Å². The van der Waals surface area contributed by atoms with E-state index in [-0.39, 0.29) is 0 Å². The third-order valence-corrected chi connectivity index (χ3v) is 3.31. The summed E-state index contributed by atoms with van der Waals surface area (Å²) in [4.78, 5) is 0. The average Bonchev–Trinajstić information content (AvgIpc) is 2.66. The monoisotopic (exact) mass is 229 g/mol. The molecule has 1 aromatic carbocycles. The standard InChI is InChI=1S/C12H14F3N/c13-10-7-8(3-4-9(10)11(14)15)12(16)5-1-2-6-12/h3-4,7,11H,1-2,5-6,16H2. The van der Waals surface area contributed by atoms with Crippen molar-refractivity contribution in [1.29, 1.82) is 0 Å². The lowest BCUT2D eigenvalue weighted by atomic mass is 9.89. The number of rotatable bonds is 2. The molecule has 16 heavy (non-hydrogen) atoms. The Morgan fingerprint density at radius 2 is 1.81 bits per heavy atom. The van der Waals surface area contributed by atoms with Crippen LogP contribution in [0.5, 0.6) is 0 Å². The van der Waals surface area contributed by atoms with Crippen LogP contribution in [-0.4, -0.2) is 0 Å². The molecule has 0 aromatic heterocycles. The second-order valence-corrected chi connectivity index (χ2v) is 4.40. The molecule has 0 heterocycles. The first-order valence-corrected chi connectivity index (χ1v) is 5.40. The summed E-state index contributed by atoms with van der Waals surface area (Å²) in [5.41, 5.74) is 5.68. The Kier molecular flexibility index (Phi) is 2.93. The highest BCUT2D eigenvalue weighted by Gasteiger charge is 2.32. The molecule has 0 aliphatic heterocycles. The highest BCUT2D eigenvalue weighted by Crippen LogP contribution is 2.37. The summed E-state index contributed by atoms with van der Waals surface area (Å²) in [5.74, 6) is -0.857. The first kappa shape index (κ1) is 11.5. The maximum atomic E-state index is 13.4. The smallest absolute Gasteiger partial charge is 0.266 e. The van der Waals surface area contributed by atoms with Gasteiger partial charge < -0.3 is 5.73 Å². The summed E-state index contributed by atoms with van der Waals surface area (Å²) in [6, 6.07) is 3.82. The Hall–Kier alpha value is -1.03. The van der Waals surface area contributed by atoms with E-state index in [9.17, 15) is 13.2 Å². The van der Waals surface area contributed by atoms with E-state index in [1.165, 1.54) is 6.07 Å². The molecule has 2 N–H and O–H groups in total. The van der Waals surface area contributed by atoms with Gasteiger partial charge in [0.15, 0.2) is 0 Å².